The van der Waals surface area contributed by atoms with Crippen LogP contribution in [0.1, 0.15) is 64.4 Å². The Kier molecular flexibility index (Phi) is 4.40. The third kappa shape index (κ3) is 3.24. The summed E-state index contributed by atoms with van der Waals surface area (Å²) in [6, 6.07) is 2.06. The number of aromatic nitrogens is 2. The highest BCUT2D eigenvalue weighted by Gasteiger charge is 2.35. The smallest absolute Gasteiger partial charge is 0.162 e. The molecule has 1 aliphatic rings. The molecule has 0 amide bonds. The van der Waals surface area contributed by atoms with Gasteiger partial charge in [-0.2, -0.15) is 0 Å². The molecule has 2 rings (SSSR count). The average Bonchev–Trinajstić information content (AvgIpc) is 2.84. The summed E-state index contributed by atoms with van der Waals surface area (Å²) in [5, 5.41) is 3.36. The normalized spacial score (nSPS) is 23.0. The van der Waals surface area contributed by atoms with Crippen LogP contribution in [0.25, 0.3) is 0 Å². The molecule has 1 aliphatic heterocycles. The number of hydrogen-bond acceptors (Lipinski definition) is 4. The van der Waals surface area contributed by atoms with Gasteiger partial charge in [0.2, 0.25) is 0 Å². The topological polar surface area (TPSA) is 47.0 Å². The summed E-state index contributed by atoms with van der Waals surface area (Å²) in [5.41, 5.74) is 0.772. The Morgan fingerprint density at radius 2 is 2.21 bits per heavy atom. The molecule has 106 valence electrons. The Hall–Kier alpha value is -1.16. The molecule has 4 nitrogen and oxygen atoms in total. The predicted octanol–water partition coefficient (Wildman–Crippen LogP) is 3.45. The van der Waals surface area contributed by atoms with Crippen LogP contribution in [-0.2, 0) is 10.3 Å². The van der Waals surface area contributed by atoms with Gasteiger partial charge in [0.05, 0.1) is 0 Å². The summed E-state index contributed by atoms with van der Waals surface area (Å²) in [7, 11) is 0. The van der Waals surface area contributed by atoms with Crippen LogP contribution in [0, 0.1) is 0 Å². The van der Waals surface area contributed by atoms with Crippen LogP contribution >= 0.6 is 0 Å². The van der Waals surface area contributed by atoms with Crippen LogP contribution in [0.5, 0.6) is 0 Å². The largest absolute Gasteiger partial charge is 0.370 e. The molecule has 19 heavy (non-hydrogen) atoms. The van der Waals surface area contributed by atoms with Crippen LogP contribution in [-0.4, -0.2) is 23.1 Å². The average molecular weight is 263 g/mol. The lowest BCUT2D eigenvalue weighted by molar-refractivity contribution is 0.00923. The second kappa shape index (κ2) is 5.87. The third-order valence-corrected chi connectivity index (χ3v) is 3.59. The highest BCUT2D eigenvalue weighted by atomic mass is 16.5. The maximum atomic E-state index is 5.87. The molecule has 1 aromatic heterocycles. The molecule has 0 spiro atoms. The fourth-order valence-electron chi connectivity index (χ4n) is 2.30. The molecular weight excluding hydrogens is 238 g/mol. The standard InChI is InChI=1S/C15H25N3O/c1-5-8-16-13-10-12(11(2)3)17-14(18-13)15(4)7-6-9-19-15/h10-11H,5-9H2,1-4H3,(H,16,17,18). The summed E-state index contributed by atoms with van der Waals surface area (Å²) in [4.78, 5) is 9.38. The molecule has 1 fully saturated rings. The highest BCUT2D eigenvalue weighted by Crippen LogP contribution is 2.34. The van der Waals surface area contributed by atoms with Crippen molar-refractivity contribution in [3.05, 3.63) is 17.6 Å². The van der Waals surface area contributed by atoms with E-state index in [1.54, 1.807) is 0 Å². The van der Waals surface area contributed by atoms with Gasteiger partial charge in [-0.25, -0.2) is 9.97 Å². The van der Waals surface area contributed by atoms with E-state index < -0.39 is 0 Å². The van der Waals surface area contributed by atoms with Crippen LogP contribution < -0.4 is 5.32 Å². The van der Waals surface area contributed by atoms with Gasteiger partial charge < -0.3 is 10.1 Å². The minimum atomic E-state index is -0.312. The van der Waals surface area contributed by atoms with E-state index in [1.165, 1.54) is 0 Å². The summed E-state index contributed by atoms with van der Waals surface area (Å²) < 4.78 is 5.87. The fourth-order valence-corrected chi connectivity index (χ4v) is 2.30. The molecule has 0 saturated carbocycles. The predicted molar refractivity (Wildman–Crippen MR) is 77.4 cm³/mol. The zero-order valence-corrected chi connectivity index (χ0v) is 12.5. The third-order valence-electron chi connectivity index (χ3n) is 3.59. The van der Waals surface area contributed by atoms with E-state index in [-0.39, 0.29) is 5.60 Å². The summed E-state index contributed by atoms with van der Waals surface area (Å²) >= 11 is 0. The zero-order valence-electron chi connectivity index (χ0n) is 12.5. The van der Waals surface area contributed by atoms with Crippen LogP contribution in [0.15, 0.2) is 6.07 Å². The molecule has 4 heteroatoms. The van der Waals surface area contributed by atoms with E-state index in [0.29, 0.717) is 5.92 Å². The Balaban J connectivity index is 2.33. The first-order chi connectivity index (χ1) is 9.05. The molecule has 2 heterocycles. The highest BCUT2D eigenvalue weighted by molar-refractivity contribution is 5.37. The monoisotopic (exact) mass is 263 g/mol. The van der Waals surface area contributed by atoms with Crippen molar-refractivity contribution in [3.63, 3.8) is 0 Å². The quantitative estimate of drug-likeness (QED) is 0.884. The Morgan fingerprint density at radius 1 is 1.42 bits per heavy atom. The molecule has 1 unspecified atom stereocenters. The summed E-state index contributed by atoms with van der Waals surface area (Å²) in [6.45, 7) is 10.3. The molecule has 0 bridgehead atoms. The maximum absolute atomic E-state index is 5.87. The van der Waals surface area contributed by atoms with E-state index in [1.807, 2.05) is 0 Å². The Morgan fingerprint density at radius 3 is 2.79 bits per heavy atom. The minimum Gasteiger partial charge on any atom is -0.370 e. The zero-order chi connectivity index (χ0) is 13.9. The van der Waals surface area contributed by atoms with Crippen molar-refractivity contribution in [1.82, 2.24) is 9.97 Å². The van der Waals surface area contributed by atoms with Crippen molar-refractivity contribution in [3.8, 4) is 0 Å². The van der Waals surface area contributed by atoms with Gasteiger partial charge in [0.25, 0.3) is 0 Å². The lowest BCUT2D eigenvalue weighted by Gasteiger charge is -2.23. The summed E-state index contributed by atoms with van der Waals surface area (Å²) in [5.74, 6) is 2.15. The molecule has 0 aliphatic carbocycles. The van der Waals surface area contributed by atoms with Gasteiger partial charge in [0, 0.05) is 24.9 Å². The van der Waals surface area contributed by atoms with E-state index in [2.05, 4.69) is 44.1 Å². The SMILES string of the molecule is CCCNc1cc(C(C)C)nc(C2(C)CCCO2)n1. The van der Waals surface area contributed by atoms with Gasteiger partial charge in [-0.1, -0.05) is 20.8 Å². The number of anilines is 1. The van der Waals surface area contributed by atoms with Crippen molar-refractivity contribution in [2.24, 2.45) is 0 Å². The second-order valence-electron chi connectivity index (χ2n) is 5.77. The van der Waals surface area contributed by atoms with Crippen LogP contribution in [0.3, 0.4) is 0 Å². The van der Waals surface area contributed by atoms with Gasteiger partial charge in [-0.3, -0.25) is 0 Å². The van der Waals surface area contributed by atoms with Gasteiger partial charge in [0.15, 0.2) is 5.82 Å². The van der Waals surface area contributed by atoms with Crippen molar-refractivity contribution < 1.29 is 4.74 Å². The van der Waals surface area contributed by atoms with E-state index in [4.69, 9.17) is 9.72 Å². The van der Waals surface area contributed by atoms with Gasteiger partial charge >= 0.3 is 0 Å². The van der Waals surface area contributed by atoms with E-state index in [9.17, 15) is 0 Å². The first kappa shape index (κ1) is 14.3. The first-order valence-electron chi connectivity index (χ1n) is 7.32. The van der Waals surface area contributed by atoms with Gasteiger partial charge in [0.1, 0.15) is 11.4 Å². The molecule has 0 radical (unpaired) electrons. The maximum Gasteiger partial charge on any atom is 0.162 e. The first-order valence-corrected chi connectivity index (χ1v) is 7.32. The molecular formula is C15H25N3O. The molecule has 1 saturated heterocycles. The minimum absolute atomic E-state index is 0.312. The van der Waals surface area contributed by atoms with Crippen LogP contribution in [0.4, 0.5) is 5.82 Å². The van der Waals surface area contributed by atoms with Gasteiger partial charge in [-0.05, 0) is 32.1 Å². The van der Waals surface area contributed by atoms with E-state index in [0.717, 1.165) is 49.8 Å². The number of ether oxygens (including phenoxy) is 1. The van der Waals surface area contributed by atoms with Crippen LogP contribution in [0.2, 0.25) is 0 Å². The molecule has 1 aromatic rings. The molecule has 0 aromatic carbocycles. The van der Waals surface area contributed by atoms with E-state index >= 15 is 0 Å². The lowest BCUT2D eigenvalue weighted by atomic mass is 10.0. The number of rotatable bonds is 5. The number of hydrogen-bond donors (Lipinski definition) is 1. The Bertz CT molecular complexity index is 425. The number of nitrogens with one attached hydrogen (secondary N) is 1. The summed E-state index contributed by atoms with van der Waals surface area (Å²) in [6.07, 6.45) is 3.18. The van der Waals surface area contributed by atoms with Crippen molar-refractivity contribution in [2.45, 2.75) is 58.5 Å². The van der Waals surface area contributed by atoms with Crippen molar-refractivity contribution >= 4 is 5.82 Å². The van der Waals surface area contributed by atoms with Gasteiger partial charge in [-0.15, -0.1) is 0 Å². The van der Waals surface area contributed by atoms with Crippen molar-refractivity contribution in [1.29, 1.82) is 0 Å². The second-order valence-corrected chi connectivity index (χ2v) is 5.77. The van der Waals surface area contributed by atoms with Crippen molar-refractivity contribution in [2.75, 3.05) is 18.5 Å². The lowest BCUT2D eigenvalue weighted by Crippen LogP contribution is -2.25. The molecule has 1 atom stereocenters. The number of nitrogens with zero attached hydrogens (tertiary/aromatic N) is 2. The Labute approximate surface area is 116 Å². The fraction of sp³-hybridized carbons (Fsp3) is 0.733. The molecule has 1 N–H and O–H groups in total.